The molecule has 0 radical (unpaired) electrons. The number of carbonyl (C=O) groups is 1. The molecule has 7 heteroatoms. The van der Waals surface area contributed by atoms with Crippen molar-refractivity contribution in [3.8, 4) is 0 Å². The van der Waals surface area contributed by atoms with Crippen molar-refractivity contribution in [2.45, 2.75) is 13.3 Å². The highest BCUT2D eigenvalue weighted by Gasteiger charge is 2.27. The molecular formula is C15H19N3O3S. The molecule has 1 saturated heterocycles. The number of fused-ring (bicyclic) bond motifs is 1. The lowest BCUT2D eigenvalue weighted by Gasteiger charge is -2.21. The lowest BCUT2D eigenvalue weighted by molar-refractivity contribution is -0.130. The van der Waals surface area contributed by atoms with Crippen LogP contribution in [-0.2, 0) is 21.1 Å². The Morgan fingerprint density at radius 3 is 3.00 bits per heavy atom. The second-order valence-corrected chi connectivity index (χ2v) is 8.18. The van der Waals surface area contributed by atoms with Crippen LogP contribution in [0.5, 0.6) is 0 Å². The molecule has 1 fully saturated rings. The van der Waals surface area contributed by atoms with Crippen LogP contribution in [0.15, 0.2) is 24.3 Å². The van der Waals surface area contributed by atoms with E-state index >= 15 is 0 Å². The molecule has 1 aliphatic heterocycles. The van der Waals surface area contributed by atoms with Gasteiger partial charge in [0, 0.05) is 18.5 Å². The lowest BCUT2D eigenvalue weighted by Crippen LogP contribution is -2.36. The molecular weight excluding hydrogens is 302 g/mol. The Morgan fingerprint density at radius 1 is 1.41 bits per heavy atom. The van der Waals surface area contributed by atoms with Crippen LogP contribution < -0.4 is 0 Å². The fourth-order valence-corrected chi connectivity index (χ4v) is 4.56. The number of carbonyl (C=O) groups excluding carboxylic acids is 1. The number of hydrogen-bond acceptors (Lipinski definition) is 4. The molecule has 0 spiro atoms. The number of rotatable bonds is 2. The number of aromatic nitrogens is 2. The van der Waals surface area contributed by atoms with E-state index in [-0.39, 0.29) is 36.3 Å². The summed E-state index contributed by atoms with van der Waals surface area (Å²) in [6, 6.07) is 7.62. The van der Waals surface area contributed by atoms with Crippen LogP contribution in [0.1, 0.15) is 12.6 Å². The Morgan fingerprint density at radius 2 is 2.18 bits per heavy atom. The number of para-hydroxylation sites is 1. The van der Waals surface area contributed by atoms with Crippen LogP contribution >= 0.6 is 0 Å². The van der Waals surface area contributed by atoms with E-state index in [1.165, 1.54) is 0 Å². The molecule has 1 unspecified atom stereocenters. The summed E-state index contributed by atoms with van der Waals surface area (Å²) >= 11 is 0. The first-order valence-electron chi connectivity index (χ1n) is 7.35. The molecule has 1 aromatic carbocycles. The summed E-state index contributed by atoms with van der Waals surface area (Å²) < 4.78 is 23.6. The zero-order valence-electron chi connectivity index (χ0n) is 12.4. The molecule has 0 bridgehead atoms. The predicted molar refractivity (Wildman–Crippen MR) is 84.2 cm³/mol. The van der Waals surface area contributed by atoms with E-state index in [9.17, 15) is 13.2 Å². The number of nitrogens with one attached hydrogen (secondary N) is 1. The highest BCUT2D eigenvalue weighted by molar-refractivity contribution is 7.91. The molecule has 1 aliphatic rings. The molecule has 1 atom stereocenters. The molecule has 3 rings (SSSR count). The molecule has 22 heavy (non-hydrogen) atoms. The Hall–Kier alpha value is -1.89. The standard InChI is InChI=1S/C15H19N3O3S/c1-11-9-18(6-7-22(20,21)10-11)15(19)8-14-12-4-2-3-5-13(12)16-17-14/h2-5,11H,6-10H2,1H3,(H,16,17). The SMILES string of the molecule is CC1CN(C(=O)Cc2[nH]nc3ccccc23)CCS(=O)(=O)C1. The first-order valence-corrected chi connectivity index (χ1v) is 9.17. The Balaban J connectivity index is 1.77. The molecule has 6 nitrogen and oxygen atoms in total. The van der Waals surface area contributed by atoms with Gasteiger partial charge >= 0.3 is 0 Å². The number of amides is 1. The van der Waals surface area contributed by atoms with Gasteiger partial charge < -0.3 is 4.90 Å². The second kappa shape index (κ2) is 5.72. The van der Waals surface area contributed by atoms with E-state index in [2.05, 4.69) is 10.2 Å². The van der Waals surface area contributed by atoms with Crippen LogP contribution in [0.3, 0.4) is 0 Å². The summed E-state index contributed by atoms with van der Waals surface area (Å²) in [6.07, 6.45) is 0.216. The van der Waals surface area contributed by atoms with E-state index in [0.29, 0.717) is 6.54 Å². The average Bonchev–Trinajstić information content (AvgIpc) is 2.79. The third kappa shape index (κ3) is 3.14. The highest BCUT2D eigenvalue weighted by Crippen LogP contribution is 2.17. The summed E-state index contributed by atoms with van der Waals surface area (Å²) in [5.41, 5.74) is 1.61. The molecule has 1 aromatic heterocycles. The third-order valence-corrected chi connectivity index (χ3v) is 5.85. The molecule has 118 valence electrons. The van der Waals surface area contributed by atoms with Crippen molar-refractivity contribution in [1.82, 2.24) is 15.1 Å². The smallest absolute Gasteiger partial charge is 0.228 e. The largest absolute Gasteiger partial charge is 0.341 e. The van der Waals surface area contributed by atoms with Crippen LogP contribution in [0.4, 0.5) is 0 Å². The zero-order valence-corrected chi connectivity index (χ0v) is 13.3. The van der Waals surface area contributed by atoms with Gasteiger partial charge in [-0.05, 0) is 12.0 Å². The van der Waals surface area contributed by atoms with Gasteiger partial charge in [0.1, 0.15) is 0 Å². The number of benzene rings is 1. The van der Waals surface area contributed by atoms with Crippen molar-refractivity contribution in [3.63, 3.8) is 0 Å². The highest BCUT2D eigenvalue weighted by atomic mass is 32.2. The minimum atomic E-state index is -3.05. The summed E-state index contributed by atoms with van der Waals surface area (Å²) in [6.45, 7) is 2.64. The molecule has 1 amide bonds. The molecule has 0 aliphatic carbocycles. The number of hydrogen-bond donors (Lipinski definition) is 1. The maximum Gasteiger partial charge on any atom is 0.228 e. The van der Waals surface area contributed by atoms with E-state index in [4.69, 9.17) is 0 Å². The first kappa shape index (κ1) is 15.0. The lowest BCUT2D eigenvalue weighted by atomic mass is 10.1. The van der Waals surface area contributed by atoms with Crippen molar-refractivity contribution in [1.29, 1.82) is 0 Å². The second-order valence-electron chi connectivity index (χ2n) is 5.96. The normalized spacial score (nSPS) is 21.7. The fourth-order valence-electron chi connectivity index (χ4n) is 2.92. The summed E-state index contributed by atoms with van der Waals surface area (Å²) in [5.74, 6) is 0.115. The number of H-pyrrole nitrogens is 1. The maximum atomic E-state index is 12.5. The summed E-state index contributed by atoms with van der Waals surface area (Å²) in [5, 5.41) is 8.03. The molecule has 0 saturated carbocycles. The molecule has 2 heterocycles. The first-order chi connectivity index (χ1) is 10.4. The van der Waals surface area contributed by atoms with Crippen molar-refractivity contribution in [2.75, 3.05) is 24.6 Å². The van der Waals surface area contributed by atoms with E-state index in [1.807, 2.05) is 31.2 Å². The third-order valence-electron chi connectivity index (χ3n) is 3.96. The van der Waals surface area contributed by atoms with Crippen LogP contribution in [0, 0.1) is 5.92 Å². The number of nitrogens with zero attached hydrogens (tertiary/aromatic N) is 2. The van der Waals surface area contributed by atoms with Gasteiger partial charge in [0.25, 0.3) is 0 Å². The van der Waals surface area contributed by atoms with Gasteiger partial charge in [-0.3, -0.25) is 9.89 Å². The average molecular weight is 321 g/mol. The Labute approximate surface area is 129 Å². The Kier molecular flexibility index (Phi) is 3.90. The minimum Gasteiger partial charge on any atom is -0.341 e. The Bertz CT molecular complexity index is 797. The van der Waals surface area contributed by atoms with Gasteiger partial charge in [0.2, 0.25) is 5.91 Å². The molecule has 2 aromatic rings. The van der Waals surface area contributed by atoms with Crippen LogP contribution in [0.2, 0.25) is 0 Å². The monoisotopic (exact) mass is 321 g/mol. The summed E-state index contributed by atoms with van der Waals surface area (Å²) in [7, 11) is -3.05. The summed E-state index contributed by atoms with van der Waals surface area (Å²) in [4.78, 5) is 14.2. The van der Waals surface area contributed by atoms with Crippen molar-refractivity contribution in [3.05, 3.63) is 30.0 Å². The van der Waals surface area contributed by atoms with E-state index in [0.717, 1.165) is 16.6 Å². The van der Waals surface area contributed by atoms with Crippen molar-refractivity contribution >= 4 is 26.6 Å². The fraction of sp³-hybridized carbons (Fsp3) is 0.467. The predicted octanol–water partition coefficient (Wildman–Crippen LogP) is 0.998. The number of sulfone groups is 1. The maximum absolute atomic E-state index is 12.5. The van der Waals surface area contributed by atoms with Crippen LogP contribution in [-0.4, -0.2) is 54.0 Å². The van der Waals surface area contributed by atoms with Gasteiger partial charge in [-0.2, -0.15) is 5.10 Å². The minimum absolute atomic E-state index is 0.0324. The van der Waals surface area contributed by atoms with Gasteiger partial charge in [0.15, 0.2) is 9.84 Å². The van der Waals surface area contributed by atoms with Crippen molar-refractivity contribution in [2.24, 2.45) is 5.92 Å². The van der Waals surface area contributed by atoms with E-state index in [1.54, 1.807) is 4.90 Å². The van der Waals surface area contributed by atoms with Gasteiger partial charge in [-0.25, -0.2) is 8.42 Å². The quantitative estimate of drug-likeness (QED) is 0.894. The number of aromatic amines is 1. The van der Waals surface area contributed by atoms with Gasteiger partial charge in [-0.15, -0.1) is 0 Å². The topological polar surface area (TPSA) is 83.1 Å². The van der Waals surface area contributed by atoms with Gasteiger partial charge in [0.05, 0.1) is 29.1 Å². The van der Waals surface area contributed by atoms with Gasteiger partial charge in [-0.1, -0.05) is 25.1 Å². The van der Waals surface area contributed by atoms with Crippen LogP contribution in [0.25, 0.3) is 10.9 Å². The van der Waals surface area contributed by atoms with E-state index < -0.39 is 9.84 Å². The zero-order chi connectivity index (χ0) is 15.7. The molecule has 1 N–H and O–H groups in total. The van der Waals surface area contributed by atoms with Crippen molar-refractivity contribution < 1.29 is 13.2 Å².